The Hall–Kier alpha value is -3.00. The van der Waals surface area contributed by atoms with Crippen molar-refractivity contribution in [3.63, 3.8) is 0 Å². The minimum atomic E-state index is -4.66. The van der Waals surface area contributed by atoms with Gasteiger partial charge in [-0.3, -0.25) is 4.90 Å². The van der Waals surface area contributed by atoms with Crippen LogP contribution in [0.25, 0.3) is 22.2 Å². The molecular weight excluding hydrogens is 650 g/mol. The summed E-state index contributed by atoms with van der Waals surface area (Å²) in [5.74, 6) is 0.811. The molecule has 4 N–H and O–H groups in total. The van der Waals surface area contributed by atoms with Gasteiger partial charge in [0.2, 0.25) is 5.88 Å². The topological polar surface area (TPSA) is 110 Å². The SMILES string of the molecule is CC.CC.COCc1nc2c3c(nc(-c4cc(N)cc(C)c4C(F)(F)F)c(Cl)c3n1)OC(C)CCNCCN2.FC1CC2CCCN2C1. The van der Waals surface area contributed by atoms with Crippen molar-refractivity contribution in [2.24, 2.45) is 0 Å². The number of fused-ring (bicyclic) bond motifs is 1. The number of benzene rings is 1. The number of hydrogen-bond donors (Lipinski definition) is 3. The highest BCUT2D eigenvalue weighted by molar-refractivity contribution is 6.38. The minimum absolute atomic E-state index is 0.0385. The Kier molecular flexibility index (Phi) is 14.9. The Balaban J connectivity index is 0.000000403. The Labute approximate surface area is 286 Å². The van der Waals surface area contributed by atoms with E-state index < -0.39 is 17.9 Å². The summed E-state index contributed by atoms with van der Waals surface area (Å²) >= 11 is 6.74. The Bertz CT molecular complexity index is 1480. The number of methoxy groups -OCH3 is 1. The molecule has 5 heterocycles. The standard InChI is InChI=1S/C23H26ClF3N6O2.C7H12FN.2C2H6/c1-11-8-13(28)9-14(17(11)23(25,26)27)19-18(24)20-16-21(32-15(31-20)10-34-3)30-7-6-29-5-4-12(2)35-22(16)33-19;8-6-4-7-2-1-3-9(7)5-6;2*1-2/h8-9,12,29H,4-7,10,28H2,1-3H3,(H,30,31,32);6-7H,1-5H2;2*1-2H3. The van der Waals surface area contributed by atoms with Gasteiger partial charge in [-0.05, 0) is 70.3 Å². The lowest BCUT2D eigenvalue weighted by molar-refractivity contribution is -0.137. The Morgan fingerprint density at radius 2 is 1.81 bits per heavy atom. The second-order valence-electron chi connectivity index (χ2n) is 11.5. The van der Waals surface area contributed by atoms with E-state index >= 15 is 0 Å². The molecule has 0 spiro atoms. The fraction of sp³-hybridized carbons (Fsp3) is 0.618. The molecule has 3 aliphatic heterocycles. The van der Waals surface area contributed by atoms with E-state index in [4.69, 9.17) is 26.8 Å². The van der Waals surface area contributed by atoms with E-state index in [0.29, 0.717) is 55.7 Å². The molecular formula is C34H50ClF4N7O2. The van der Waals surface area contributed by atoms with Crippen LogP contribution in [-0.4, -0.2) is 78.0 Å². The van der Waals surface area contributed by atoms with Gasteiger partial charge in [-0.2, -0.15) is 13.2 Å². The van der Waals surface area contributed by atoms with E-state index in [9.17, 15) is 17.6 Å². The predicted molar refractivity (Wildman–Crippen MR) is 186 cm³/mol. The van der Waals surface area contributed by atoms with Crippen LogP contribution in [0.2, 0.25) is 5.02 Å². The number of pyridine rings is 1. The van der Waals surface area contributed by atoms with Gasteiger partial charge in [0.25, 0.3) is 0 Å². The first kappa shape index (κ1) is 39.4. The average Bonchev–Trinajstić information content (AvgIpc) is 3.61. The molecule has 2 aromatic heterocycles. The number of ether oxygens (including phenoxy) is 2. The second kappa shape index (κ2) is 18.1. The number of nitrogens with two attached hydrogens (primary N) is 1. The molecule has 48 heavy (non-hydrogen) atoms. The summed E-state index contributed by atoms with van der Waals surface area (Å²) in [7, 11) is 1.49. The molecule has 3 aliphatic rings. The summed E-state index contributed by atoms with van der Waals surface area (Å²) in [6.45, 7) is 15.0. The highest BCUT2D eigenvalue weighted by atomic mass is 35.5. The third kappa shape index (κ3) is 9.58. The van der Waals surface area contributed by atoms with Crippen LogP contribution in [0.5, 0.6) is 5.88 Å². The molecule has 0 amide bonds. The summed E-state index contributed by atoms with van der Waals surface area (Å²) < 4.78 is 66.3. The Morgan fingerprint density at radius 3 is 2.48 bits per heavy atom. The molecule has 0 saturated carbocycles. The number of aromatic nitrogens is 3. The number of rotatable bonds is 3. The maximum atomic E-state index is 14.1. The number of nitrogens with zero attached hydrogens (tertiary/aromatic N) is 4. The van der Waals surface area contributed by atoms with Crippen molar-refractivity contribution in [2.75, 3.05) is 50.9 Å². The molecule has 6 rings (SSSR count). The first-order valence-corrected chi connectivity index (χ1v) is 17.2. The zero-order valence-corrected chi connectivity index (χ0v) is 29.8. The van der Waals surface area contributed by atoms with Crippen molar-refractivity contribution in [1.82, 2.24) is 25.2 Å². The van der Waals surface area contributed by atoms with Gasteiger partial charge in [0.15, 0.2) is 5.82 Å². The molecule has 3 atom stereocenters. The molecule has 0 bridgehead atoms. The van der Waals surface area contributed by atoms with Gasteiger partial charge in [0, 0.05) is 44.0 Å². The van der Waals surface area contributed by atoms with Crippen molar-refractivity contribution in [2.45, 2.75) is 98.3 Å². The van der Waals surface area contributed by atoms with E-state index in [1.807, 2.05) is 34.6 Å². The quantitative estimate of drug-likeness (QED) is 0.186. The normalized spacial score (nSPS) is 20.8. The third-order valence-electron chi connectivity index (χ3n) is 8.06. The molecule has 0 radical (unpaired) electrons. The van der Waals surface area contributed by atoms with Crippen LogP contribution in [0.3, 0.4) is 0 Å². The predicted octanol–water partition coefficient (Wildman–Crippen LogP) is 7.82. The zero-order valence-electron chi connectivity index (χ0n) is 29.0. The molecule has 3 unspecified atom stereocenters. The zero-order chi connectivity index (χ0) is 35.6. The summed E-state index contributed by atoms with van der Waals surface area (Å²) in [6.07, 6.45) is -1.48. The largest absolute Gasteiger partial charge is 0.474 e. The first-order chi connectivity index (χ1) is 23.0. The van der Waals surface area contributed by atoms with Crippen molar-refractivity contribution in [3.05, 3.63) is 34.1 Å². The number of aryl methyl sites for hydroxylation is 1. The smallest absolute Gasteiger partial charge is 0.417 e. The summed E-state index contributed by atoms with van der Waals surface area (Å²) in [5, 5.41) is 6.86. The summed E-state index contributed by atoms with van der Waals surface area (Å²) in [5.41, 5.74) is 5.03. The van der Waals surface area contributed by atoms with Crippen molar-refractivity contribution >= 4 is 34.0 Å². The van der Waals surface area contributed by atoms with Crippen LogP contribution in [0.1, 0.15) is 77.3 Å². The van der Waals surface area contributed by atoms with Crippen LogP contribution in [0.15, 0.2) is 12.1 Å². The molecule has 2 fully saturated rings. The van der Waals surface area contributed by atoms with Gasteiger partial charge in [-0.25, -0.2) is 19.3 Å². The van der Waals surface area contributed by atoms with E-state index in [1.165, 1.54) is 39.0 Å². The lowest BCUT2D eigenvalue weighted by Crippen LogP contribution is -2.26. The van der Waals surface area contributed by atoms with Crippen molar-refractivity contribution < 1.29 is 27.0 Å². The lowest BCUT2D eigenvalue weighted by Gasteiger charge is -2.21. The third-order valence-corrected chi connectivity index (χ3v) is 8.42. The van der Waals surface area contributed by atoms with Crippen LogP contribution in [-0.2, 0) is 17.5 Å². The molecule has 3 aromatic rings. The van der Waals surface area contributed by atoms with E-state index in [2.05, 4.69) is 30.5 Å². The fourth-order valence-corrected chi connectivity index (χ4v) is 6.41. The van der Waals surface area contributed by atoms with Gasteiger partial charge in [-0.1, -0.05) is 39.3 Å². The van der Waals surface area contributed by atoms with Gasteiger partial charge >= 0.3 is 6.18 Å². The van der Waals surface area contributed by atoms with Gasteiger partial charge < -0.3 is 25.8 Å². The molecule has 14 heteroatoms. The van der Waals surface area contributed by atoms with Crippen LogP contribution in [0.4, 0.5) is 29.1 Å². The van der Waals surface area contributed by atoms with Crippen LogP contribution < -0.4 is 21.1 Å². The molecule has 9 nitrogen and oxygen atoms in total. The maximum absolute atomic E-state index is 14.1. The number of nitrogens with one attached hydrogen (secondary N) is 2. The van der Waals surface area contributed by atoms with Gasteiger partial charge in [0.1, 0.15) is 29.5 Å². The van der Waals surface area contributed by atoms with E-state index in [0.717, 1.165) is 13.0 Å². The summed E-state index contributed by atoms with van der Waals surface area (Å²) in [6, 6.07) is 3.10. The number of nitrogen functional groups attached to an aromatic ring is 1. The second-order valence-corrected chi connectivity index (χ2v) is 11.9. The summed E-state index contributed by atoms with van der Waals surface area (Å²) in [4.78, 5) is 15.8. The lowest BCUT2D eigenvalue weighted by atomic mass is 9.97. The molecule has 0 aliphatic carbocycles. The monoisotopic (exact) mass is 699 g/mol. The minimum Gasteiger partial charge on any atom is -0.474 e. The Morgan fingerprint density at radius 1 is 1.08 bits per heavy atom. The van der Waals surface area contributed by atoms with Crippen LogP contribution in [0, 0.1) is 6.92 Å². The van der Waals surface area contributed by atoms with E-state index in [1.54, 1.807) is 0 Å². The van der Waals surface area contributed by atoms with Gasteiger partial charge in [-0.15, -0.1) is 0 Å². The number of anilines is 2. The van der Waals surface area contributed by atoms with Gasteiger partial charge in [0.05, 0.1) is 22.4 Å². The fourth-order valence-electron chi connectivity index (χ4n) is 6.13. The molecule has 268 valence electrons. The maximum Gasteiger partial charge on any atom is 0.417 e. The van der Waals surface area contributed by atoms with Crippen molar-refractivity contribution in [3.8, 4) is 17.1 Å². The average molecular weight is 700 g/mol. The number of hydrogen-bond acceptors (Lipinski definition) is 9. The first-order valence-electron chi connectivity index (χ1n) is 16.8. The highest BCUT2D eigenvalue weighted by Crippen LogP contribution is 2.45. The molecule has 2 saturated heterocycles. The van der Waals surface area contributed by atoms with E-state index in [-0.39, 0.29) is 51.6 Å². The van der Waals surface area contributed by atoms with Crippen molar-refractivity contribution in [1.29, 1.82) is 0 Å². The number of halogens is 5. The highest BCUT2D eigenvalue weighted by Gasteiger charge is 2.38. The number of alkyl halides is 4. The van der Waals surface area contributed by atoms with Crippen LogP contribution >= 0.6 is 11.6 Å². The molecule has 1 aromatic carbocycles.